The van der Waals surface area contributed by atoms with Gasteiger partial charge < -0.3 is 30.6 Å². The van der Waals surface area contributed by atoms with E-state index in [2.05, 4.69) is 15.1 Å². The van der Waals surface area contributed by atoms with Crippen molar-refractivity contribution in [3.05, 3.63) is 41.6 Å². The summed E-state index contributed by atoms with van der Waals surface area (Å²) < 4.78 is 16.1. The summed E-state index contributed by atoms with van der Waals surface area (Å²) in [5, 5.41) is 10.9. The second-order valence-corrected chi connectivity index (χ2v) is 8.34. The maximum atomic E-state index is 12.1. The van der Waals surface area contributed by atoms with Crippen molar-refractivity contribution in [3.63, 3.8) is 0 Å². The van der Waals surface area contributed by atoms with E-state index in [1.54, 1.807) is 6.07 Å². The Balaban J connectivity index is 1.46. The SMILES string of the molecule is CCOC(=O)C1CCN(c2nnc(Cc3ccc4c(c3)OCO4)c3c(N)c(N)ccc23)CC1. The van der Waals surface area contributed by atoms with Crippen LogP contribution in [0.3, 0.4) is 0 Å². The van der Waals surface area contributed by atoms with Crippen LogP contribution < -0.4 is 25.8 Å². The molecule has 4 N–H and O–H groups in total. The Morgan fingerprint density at radius 3 is 2.70 bits per heavy atom. The smallest absolute Gasteiger partial charge is 0.309 e. The van der Waals surface area contributed by atoms with E-state index in [1.807, 2.05) is 31.2 Å². The largest absolute Gasteiger partial charge is 0.466 e. The van der Waals surface area contributed by atoms with E-state index >= 15 is 0 Å². The monoisotopic (exact) mass is 449 g/mol. The van der Waals surface area contributed by atoms with Gasteiger partial charge in [0.05, 0.1) is 29.6 Å². The second-order valence-electron chi connectivity index (χ2n) is 8.34. The first-order chi connectivity index (χ1) is 16.0. The van der Waals surface area contributed by atoms with E-state index in [1.165, 1.54) is 0 Å². The first-order valence-electron chi connectivity index (χ1n) is 11.2. The van der Waals surface area contributed by atoms with Crippen LogP contribution in [-0.2, 0) is 16.0 Å². The minimum absolute atomic E-state index is 0.0774. The number of carbonyl (C=O) groups excluding carboxylic acids is 1. The number of hydrogen-bond donors (Lipinski definition) is 2. The van der Waals surface area contributed by atoms with Crippen LogP contribution >= 0.6 is 0 Å². The van der Waals surface area contributed by atoms with Crippen molar-refractivity contribution in [1.29, 1.82) is 0 Å². The van der Waals surface area contributed by atoms with Crippen LogP contribution in [0.25, 0.3) is 10.8 Å². The lowest BCUT2D eigenvalue weighted by molar-refractivity contribution is -0.148. The number of piperidine rings is 1. The Morgan fingerprint density at radius 1 is 1.12 bits per heavy atom. The predicted molar refractivity (Wildman–Crippen MR) is 125 cm³/mol. The van der Waals surface area contributed by atoms with Gasteiger partial charge in [0, 0.05) is 30.3 Å². The number of nitrogens with two attached hydrogens (primary N) is 2. The molecule has 0 aliphatic carbocycles. The van der Waals surface area contributed by atoms with Gasteiger partial charge in [0.1, 0.15) is 0 Å². The van der Waals surface area contributed by atoms with Crippen molar-refractivity contribution in [3.8, 4) is 11.5 Å². The molecule has 172 valence electrons. The predicted octanol–water partition coefficient (Wildman–Crippen LogP) is 2.89. The van der Waals surface area contributed by atoms with Gasteiger partial charge in [0.25, 0.3) is 0 Å². The van der Waals surface area contributed by atoms with Crippen molar-refractivity contribution < 1.29 is 19.0 Å². The molecule has 0 atom stereocenters. The molecular formula is C24H27N5O4. The maximum absolute atomic E-state index is 12.1. The Morgan fingerprint density at radius 2 is 1.91 bits per heavy atom. The molecule has 2 aromatic carbocycles. The number of carbonyl (C=O) groups is 1. The van der Waals surface area contributed by atoms with Gasteiger partial charge in [-0.25, -0.2) is 0 Å². The summed E-state index contributed by atoms with van der Waals surface area (Å²) >= 11 is 0. The number of aromatic nitrogens is 2. The van der Waals surface area contributed by atoms with Crippen LogP contribution in [0.2, 0.25) is 0 Å². The number of nitrogens with zero attached hydrogens (tertiary/aromatic N) is 3. The molecule has 3 heterocycles. The van der Waals surface area contributed by atoms with Gasteiger partial charge in [-0.2, -0.15) is 5.10 Å². The summed E-state index contributed by atoms with van der Waals surface area (Å²) in [5.74, 6) is 2.02. The number of hydrogen-bond acceptors (Lipinski definition) is 9. The second kappa shape index (κ2) is 8.65. The fourth-order valence-corrected chi connectivity index (χ4v) is 4.53. The van der Waals surface area contributed by atoms with Crippen molar-refractivity contribution in [2.24, 2.45) is 5.92 Å². The van der Waals surface area contributed by atoms with E-state index in [0.29, 0.717) is 50.3 Å². The van der Waals surface area contributed by atoms with Gasteiger partial charge in [0.2, 0.25) is 6.79 Å². The molecule has 0 spiro atoms. The molecule has 0 unspecified atom stereocenters. The van der Waals surface area contributed by atoms with Crippen LogP contribution in [0.15, 0.2) is 30.3 Å². The van der Waals surface area contributed by atoms with Crippen molar-refractivity contribution in [1.82, 2.24) is 10.2 Å². The quantitative estimate of drug-likeness (QED) is 0.446. The number of nitrogen functional groups attached to an aromatic ring is 2. The topological polar surface area (TPSA) is 126 Å². The highest BCUT2D eigenvalue weighted by Gasteiger charge is 2.28. The highest BCUT2D eigenvalue weighted by atomic mass is 16.7. The van der Waals surface area contributed by atoms with Crippen LogP contribution in [0.4, 0.5) is 17.2 Å². The molecule has 0 amide bonds. The van der Waals surface area contributed by atoms with Gasteiger partial charge >= 0.3 is 5.97 Å². The molecule has 2 aliphatic heterocycles. The third kappa shape index (κ3) is 3.94. The van der Waals surface area contributed by atoms with Crippen LogP contribution in [0.1, 0.15) is 31.0 Å². The summed E-state index contributed by atoms with van der Waals surface area (Å²) in [5.41, 5.74) is 15.4. The van der Waals surface area contributed by atoms with E-state index < -0.39 is 0 Å². The summed E-state index contributed by atoms with van der Waals surface area (Å²) in [6.45, 7) is 3.85. The fourth-order valence-electron chi connectivity index (χ4n) is 4.53. The Kier molecular flexibility index (Phi) is 5.53. The van der Waals surface area contributed by atoms with Crippen LogP contribution in [-0.4, -0.2) is 42.7 Å². The molecular weight excluding hydrogens is 422 g/mol. The number of ether oxygens (including phenoxy) is 3. The van der Waals surface area contributed by atoms with E-state index in [4.69, 9.17) is 25.7 Å². The van der Waals surface area contributed by atoms with Crippen LogP contribution in [0, 0.1) is 5.92 Å². The Labute approximate surface area is 191 Å². The third-order valence-corrected chi connectivity index (χ3v) is 6.30. The highest BCUT2D eigenvalue weighted by Crippen LogP contribution is 2.37. The molecule has 1 aromatic heterocycles. The zero-order chi connectivity index (χ0) is 22.9. The number of rotatable bonds is 5. The van der Waals surface area contributed by atoms with E-state index in [-0.39, 0.29) is 18.7 Å². The molecule has 3 aromatic rings. The molecule has 2 aliphatic rings. The lowest BCUT2D eigenvalue weighted by Gasteiger charge is -2.32. The van der Waals surface area contributed by atoms with Crippen molar-refractivity contribution >= 4 is 33.9 Å². The molecule has 5 rings (SSSR count). The molecule has 0 saturated carbocycles. The van der Waals surface area contributed by atoms with E-state index in [0.717, 1.165) is 39.3 Å². The Hall–Kier alpha value is -3.75. The number of anilines is 3. The van der Waals surface area contributed by atoms with Crippen molar-refractivity contribution in [2.45, 2.75) is 26.2 Å². The molecule has 33 heavy (non-hydrogen) atoms. The molecule has 9 nitrogen and oxygen atoms in total. The standard InChI is InChI=1S/C24H27N5O4/c1-2-31-24(30)15-7-9-29(10-8-15)23-16-4-5-17(25)22(26)21(16)18(27-28-23)11-14-3-6-19-20(12-14)33-13-32-19/h3-6,12,15H,2,7-11,13,25-26H2,1H3. The summed E-state index contributed by atoms with van der Waals surface area (Å²) in [4.78, 5) is 14.3. The molecule has 1 saturated heterocycles. The normalized spacial score (nSPS) is 15.7. The minimum atomic E-state index is -0.121. The van der Waals surface area contributed by atoms with E-state index in [9.17, 15) is 4.79 Å². The zero-order valence-corrected chi connectivity index (χ0v) is 18.5. The summed E-state index contributed by atoms with van der Waals surface area (Å²) in [6, 6.07) is 9.58. The molecule has 0 radical (unpaired) electrons. The lowest BCUT2D eigenvalue weighted by Crippen LogP contribution is -2.37. The minimum Gasteiger partial charge on any atom is -0.466 e. The average Bonchev–Trinajstić information content (AvgIpc) is 3.30. The van der Waals surface area contributed by atoms with Gasteiger partial charge in [-0.1, -0.05) is 6.07 Å². The lowest BCUT2D eigenvalue weighted by atomic mass is 9.96. The first-order valence-corrected chi connectivity index (χ1v) is 11.2. The highest BCUT2D eigenvalue weighted by molar-refractivity contribution is 6.04. The number of benzene rings is 2. The van der Waals surface area contributed by atoms with Gasteiger partial charge in [-0.05, 0) is 49.6 Å². The molecule has 9 heteroatoms. The first kappa shape index (κ1) is 21.1. The number of esters is 1. The third-order valence-electron chi connectivity index (χ3n) is 6.30. The molecule has 1 fully saturated rings. The Bertz CT molecular complexity index is 1210. The summed E-state index contributed by atoms with van der Waals surface area (Å²) in [6.07, 6.45) is 1.95. The average molecular weight is 450 g/mol. The number of fused-ring (bicyclic) bond motifs is 2. The zero-order valence-electron chi connectivity index (χ0n) is 18.5. The van der Waals surface area contributed by atoms with Crippen LogP contribution in [0.5, 0.6) is 11.5 Å². The fraction of sp³-hybridized carbons (Fsp3) is 0.375. The molecule has 0 bridgehead atoms. The summed E-state index contributed by atoms with van der Waals surface area (Å²) in [7, 11) is 0. The maximum Gasteiger partial charge on any atom is 0.309 e. The van der Waals surface area contributed by atoms with Gasteiger partial charge in [-0.3, -0.25) is 4.79 Å². The van der Waals surface area contributed by atoms with Crippen molar-refractivity contribution in [2.75, 3.05) is 42.9 Å². The van der Waals surface area contributed by atoms with Gasteiger partial charge in [0.15, 0.2) is 17.3 Å². The van der Waals surface area contributed by atoms with Gasteiger partial charge in [-0.15, -0.1) is 5.10 Å².